The number of likely N-dealkylation sites (tertiary alicyclic amines) is 1. The standard InChI is InChI=1S/C16H23N3O2/c1-2-3-6-15(20)19-9-4-5-12(11-19)10-14-17-16(18-21-14)13-7-8-13/h2,12-13H,1,3-11H2. The first-order valence-electron chi connectivity index (χ1n) is 7.97. The number of rotatable bonds is 6. The molecule has 1 aromatic heterocycles. The lowest BCUT2D eigenvalue weighted by Crippen LogP contribution is -2.40. The minimum absolute atomic E-state index is 0.240. The van der Waals surface area contributed by atoms with Gasteiger partial charge in [-0.05, 0) is 38.0 Å². The molecule has 1 unspecified atom stereocenters. The molecule has 1 saturated heterocycles. The molecule has 114 valence electrons. The van der Waals surface area contributed by atoms with Crippen molar-refractivity contribution in [2.45, 2.75) is 50.9 Å². The van der Waals surface area contributed by atoms with Crippen molar-refractivity contribution in [2.75, 3.05) is 13.1 Å². The largest absolute Gasteiger partial charge is 0.342 e. The maximum atomic E-state index is 12.1. The molecule has 1 atom stereocenters. The van der Waals surface area contributed by atoms with E-state index in [0.29, 0.717) is 18.3 Å². The normalized spacial score (nSPS) is 22.3. The Hall–Kier alpha value is -1.65. The first-order valence-corrected chi connectivity index (χ1v) is 7.97. The average Bonchev–Trinajstić information content (AvgIpc) is 3.25. The zero-order chi connectivity index (χ0) is 14.7. The molecule has 1 aromatic rings. The summed E-state index contributed by atoms with van der Waals surface area (Å²) >= 11 is 0. The zero-order valence-corrected chi connectivity index (χ0v) is 12.5. The van der Waals surface area contributed by atoms with Crippen LogP contribution in [0, 0.1) is 5.92 Å². The number of carbonyl (C=O) groups excluding carboxylic acids is 1. The summed E-state index contributed by atoms with van der Waals surface area (Å²) in [5.41, 5.74) is 0. The van der Waals surface area contributed by atoms with Crippen LogP contribution >= 0.6 is 0 Å². The number of hydrogen-bond donors (Lipinski definition) is 0. The van der Waals surface area contributed by atoms with E-state index in [4.69, 9.17) is 4.52 Å². The van der Waals surface area contributed by atoms with Crippen molar-refractivity contribution >= 4 is 5.91 Å². The lowest BCUT2D eigenvalue weighted by atomic mass is 9.94. The topological polar surface area (TPSA) is 59.2 Å². The third-order valence-electron chi connectivity index (χ3n) is 4.32. The smallest absolute Gasteiger partial charge is 0.226 e. The molecule has 0 aromatic carbocycles. The molecule has 0 bridgehead atoms. The number of piperidine rings is 1. The minimum Gasteiger partial charge on any atom is -0.342 e. The number of carbonyl (C=O) groups is 1. The second-order valence-electron chi connectivity index (χ2n) is 6.20. The van der Waals surface area contributed by atoms with E-state index in [-0.39, 0.29) is 5.91 Å². The summed E-state index contributed by atoms with van der Waals surface area (Å²) in [6.45, 7) is 5.37. The van der Waals surface area contributed by atoms with Crippen LogP contribution in [0.1, 0.15) is 56.2 Å². The number of allylic oxidation sites excluding steroid dienone is 1. The summed E-state index contributed by atoms with van der Waals surface area (Å²) in [6.07, 6.45) is 8.50. The highest BCUT2D eigenvalue weighted by Gasteiger charge is 2.30. The van der Waals surface area contributed by atoms with Gasteiger partial charge in [0.15, 0.2) is 5.82 Å². The fourth-order valence-corrected chi connectivity index (χ4v) is 2.95. The third kappa shape index (κ3) is 3.71. The Bertz CT molecular complexity index is 507. The molecular weight excluding hydrogens is 266 g/mol. The van der Waals surface area contributed by atoms with E-state index in [1.54, 1.807) is 6.08 Å². The van der Waals surface area contributed by atoms with Gasteiger partial charge >= 0.3 is 0 Å². The van der Waals surface area contributed by atoms with Gasteiger partial charge in [0.2, 0.25) is 11.8 Å². The lowest BCUT2D eigenvalue weighted by Gasteiger charge is -2.32. The van der Waals surface area contributed by atoms with Gasteiger partial charge < -0.3 is 9.42 Å². The predicted molar refractivity (Wildman–Crippen MR) is 78.7 cm³/mol. The van der Waals surface area contributed by atoms with E-state index < -0.39 is 0 Å². The van der Waals surface area contributed by atoms with Crippen molar-refractivity contribution in [2.24, 2.45) is 5.92 Å². The van der Waals surface area contributed by atoms with E-state index >= 15 is 0 Å². The molecule has 21 heavy (non-hydrogen) atoms. The monoisotopic (exact) mass is 289 g/mol. The Morgan fingerprint density at radius 1 is 1.43 bits per heavy atom. The van der Waals surface area contributed by atoms with Crippen LogP contribution in [-0.4, -0.2) is 34.0 Å². The SMILES string of the molecule is C=CCCC(=O)N1CCCC(Cc2nc(C3CC3)no2)C1. The molecule has 1 aliphatic carbocycles. The van der Waals surface area contributed by atoms with Crippen molar-refractivity contribution < 1.29 is 9.32 Å². The van der Waals surface area contributed by atoms with Gasteiger partial charge in [-0.3, -0.25) is 4.79 Å². The highest BCUT2D eigenvalue weighted by Crippen LogP contribution is 2.38. The first kappa shape index (κ1) is 14.3. The van der Waals surface area contributed by atoms with Crippen molar-refractivity contribution in [1.82, 2.24) is 15.0 Å². The molecule has 1 aliphatic heterocycles. The number of nitrogens with zero attached hydrogens (tertiary/aromatic N) is 3. The number of amides is 1. The van der Waals surface area contributed by atoms with Gasteiger partial charge in [0.25, 0.3) is 0 Å². The maximum absolute atomic E-state index is 12.1. The van der Waals surface area contributed by atoms with Crippen LogP contribution in [0.5, 0.6) is 0 Å². The fraction of sp³-hybridized carbons (Fsp3) is 0.688. The molecule has 2 aliphatic rings. The Balaban J connectivity index is 1.52. The van der Waals surface area contributed by atoms with Crippen LogP contribution in [0.25, 0.3) is 0 Å². The van der Waals surface area contributed by atoms with E-state index in [9.17, 15) is 4.79 Å². The zero-order valence-electron chi connectivity index (χ0n) is 12.5. The maximum Gasteiger partial charge on any atom is 0.226 e. The molecule has 0 spiro atoms. The van der Waals surface area contributed by atoms with Crippen LogP contribution in [-0.2, 0) is 11.2 Å². The summed E-state index contributed by atoms with van der Waals surface area (Å²) in [4.78, 5) is 18.6. The van der Waals surface area contributed by atoms with Gasteiger partial charge in [-0.25, -0.2) is 0 Å². The van der Waals surface area contributed by atoms with Crippen molar-refractivity contribution in [3.63, 3.8) is 0 Å². The second kappa shape index (κ2) is 6.41. The van der Waals surface area contributed by atoms with E-state index in [1.165, 1.54) is 12.8 Å². The first-order chi connectivity index (χ1) is 10.3. The van der Waals surface area contributed by atoms with Gasteiger partial charge in [0, 0.05) is 31.8 Å². The molecule has 5 nitrogen and oxygen atoms in total. The van der Waals surface area contributed by atoms with Crippen LogP contribution in [0.4, 0.5) is 0 Å². The van der Waals surface area contributed by atoms with Crippen molar-refractivity contribution in [1.29, 1.82) is 0 Å². The average molecular weight is 289 g/mol. The van der Waals surface area contributed by atoms with E-state index in [2.05, 4.69) is 16.7 Å². The molecule has 5 heteroatoms. The highest BCUT2D eigenvalue weighted by molar-refractivity contribution is 5.76. The van der Waals surface area contributed by atoms with Gasteiger partial charge in [-0.2, -0.15) is 4.98 Å². The molecular formula is C16H23N3O2. The summed E-state index contributed by atoms with van der Waals surface area (Å²) in [7, 11) is 0. The quantitative estimate of drug-likeness (QED) is 0.755. The van der Waals surface area contributed by atoms with Crippen LogP contribution in [0.3, 0.4) is 0 Å². The fourth-order valence-electron chi connectivity index (χ4n) is 2.95. The van der Waals surface area contributed by atoms with Crippen LogP contribution in [0.15, 0.2) is 17.2 Å². The van der Waals surface area contributed by atoms with Crippen molar-refractivity contribution in [3.8, 4) is 0 Å². The van der Waals surface area contributed by atoms with Crippen LogP contribution in [0.2, 0.25) is 0 Å². The summed E-state index contributed by atoms with van der Waals surface area (Å²) < 4.78 is 5.35. The molecule has 2 fully saturated rings. The molecule has 1 amide bonds. The van der Waals surface area contributed by atoms with Gasteiger partial charge in [-0.1, -0.05) is 11.2 Å². The predicted octanol–water partition coefficient (Wildman–Crippen LogP) is 2.69. The second-order valence-corrected chi connectivity index (χ2v) is 6.20. The summed E-state index contributed by atoms with van der Waals surface area (Å²) in [6, 6.07) is 0. The molecule has 1 saturated carbocycles. The molecule has 0 radical (unpaired) electrons. The molecule has 0 N–H and O–H groups in total. The van der Waals surface area contributed by atoms with Crippen molar-refractivity contribution in [3.05, 3.63) is 24.4 Å². The Morgan fingerprint density at radius 3 is 3.05 bits per heavy atom. The lowest BCUT2D eigenvalue weighted by molar-refractivity contribution is -0.132. The Labute approximate surface area is 125 Å². The van der Waals surface area contributed by atoms with E-state index in [0.717, 1.165) is 50.5 Å². The number of aromatic nitrogens is 2. The Morgan fingerprint density at radius 2 is 2.29 bits per heavy atom. The Kier molecular flexibility index (Phi) is 4.36. The molecule has 3 rings (SSSR count). The van der Waals surface area contributed by atoms with Gasteiger partial charge in [0.05, 0.1) is 0 Å². The van der Waals surface area contributed by atoms with Gasteiger partial charge in [-0.15, -0.1) is 6.58 Å². The minimum atomic E-state index is 0.240. The number of hydrogen-bond acceptors (Lipinski definition) is 4. The molecule has 2 heterocycles. The van der Waals surface area contributed by atoms with Gasteiger partial charge in [0.1, 0.15) is 0 Å². The highest BCUT2D eigenvalue weighted by atomic mass is 16.5. The van der Waals surface area contributed by atoms with E-state index in [1.807, 2.05) is 4.90 Å². The summed E-state index contributed by atoms with van der Waals surface area (Å²) in [5.74, 6) is 2.83. The van der Waals surface area contributed by atoms with Crippen LogP contribution < -0.4 is 0 Å². The summed E-state index contributed by atoms with van der Waals surface area (Å²) in [5, 5.41) is 4.06. The third-order valence-corrected chi connectivity index (χ3v) is 4.32.